The fourth-order valence-electron chi connectivity index (χ4n) is 5.36. The monoisotopic (exact) mass is 611 g/mol. The maximum absolute atomic E-state index is 13.9. The second-order valence-corrected chi connectivity index (χ2v) is 15.9. The fraction of sp³-hybridized carbons (Fsp3) is 0.200. The summed E-state index contributed by atoms with van der Waals surface area (Å²) in [5.41, 5.74) is 8.09. The maximum Gasteiger partial charge on any atom is 0.340 e. The smallest absolute Gasteiger partial charge is 0.340 e. The van der Waals surface area contributed by atoms with Crippen LogP contribution in [0, 0.1) is 0 Å². The number of esters is 1. The minimum absolute atomic E-state index is 0.223. The Hall–Kier alpha value is -3.98. The van der Waals surface area contributed by atoms with Gasteiger partial charge in [0.1, 0.15) is 0 Å². The predicted octanol–water partition coefficient (Wildman–Crippen LogP) is 5.35. The Bertz CT molecular complexity index is 1480. The molecule has 0 radical (unpaired) electrons. The number of hydrogen-bond acceptors (Lipinski definition) is 4. The Morgan fingerprint density at radius 3 is 1.67 bits per heavy atom. The van der Waals surface area contributed by atoms with Gasteiger partial charge in [-0.05, 0) is 75.0 Å². The summed E-state index contributed by atoms with van der Waals surface area (Å²) in [6.45, 7) is 1.17. The Labute approximate surface area is 256 Å². The van der Waals surface area contributed by atoms with Crippen molar-refractivity contribution in [3.05, 3.63) is 121 Å². The molecule has 0 unspecified atom stereocenters. The van der Waals surface area contributed by atoms with Crippen molar-refractivity contribution < 1.29 is 14.3 Å². The van der Waals surface area contributed by atoms with Gasteiger partial charge in [-0.3, -0.25) is 0 Å². The molecule has 0 bridgehead atoms. The normalized spacial score (nSPS) is 11.7. The summed E-state index contributed by atoms with van der Waals surface area (Å²) in [6.07, 6.45) is 3.63. The highest BCUT2D eigenvalue weighted by Crippen LogP contribution is 2.49. The molecule has 0 aromatic heterocycles. The van der Waals surface area contributed by atoms with Crippen molar-refractivity contribution >= 4 is 59.0 Å². The van der Waals surface area contributed by atoms with Crippen LogP contribution in [0.5, 0.6) is 0 Å². The quantitative estimate of drug-likeness (QED) is 0.0702. The van der Waals surface area contributed by atoms with Crippen molar-refractivity contribution in [1.82, 2.24) is 5.43 Å². The molecule has 222 valence electrons. The number of primary amides is 1. The van der Waals surface area contributed by atoms with Gasteiger partial charge in [0.2, 0.25) is 0 Å². The van der Waals surface area contributed by atoms with Crippen LogP contribution in [0.1, 0.15) is 26.7 Å². The van der Waals surface area contributed by atoms with Crippen LogP contribution >= 0.6 is 14.8 Å². The van der Waals surface area contributed by atoms with Crippen molar-refractivity contribution in [3.63, 3.8) is 0 Å². The number of carbonyl (C=O) groups excluding carboxylic acids is 2. The van der Waals surface area contributed by atoms with Gasteiger partial charge in [0.25, 0.3) is 0 Å². The van der Waals surface area contributed by atoms with Gasteiger partial charge in [-0.15, -0.1) is 0 Å². The minimum atomic E-state index is -2.59. The lowest BCUT2D eigenvalue weighted by molar-refractivity contribution is -0.134. The van der Waals surface area contributed by atoms with Crippen molar-refractivity contribution in [2.45, 2.75) is 26.7 Å². The molecule has 2 amide bonds. The van der Waals surface area contributed by atoms with Crippen LogP contribution in [0.2, 0.25) is 0 Å². The zero-order valence-electron chi connectivity index (χ0n) is 24.7. The third kappa shape index (κ3) is 8.10. The van der Waals surface area contributed by atoms with Gasteiger partial charge in [-0.1, -0.05) is 121 Å². The molecular formula is C35H39N3O3P2. The predicted molar refractivity (Wildman–Crippen MR) is 185 cm³/mol. The number of hydrazone groups is 1. The highest BCUT2D eigenvalue weighted by Gasteiger charge is 2.33. The van der Waals surface area contributed by atoms with E-state index in [-0.39, 0.29) is 6.61 Å². The molecule has 0 aliphatic rings. The first-order chi connectivity index (χ1) is 21.0. The summed E-state index contributed by atoms with van der Waals surface area (Å²) in [5.74, 6) is -0.424. The van der Waals surface area contributed by atoms with Crippen LogP contribution in [-0.2, 0) is 9.53 Å². The Morgan fingerprint density at radius 2 is 1.23 bits per heavy atom. The van der Waals surface area contributed by atoms with Gasteiger partial charge >= 0.3 is 12.0 Å². The molecule has 0 aliphatic heterocycles. The Kier molecular flexibility index (Phi) is 11.9. The van der Waals surface area contributed by atoms with Gasteiger partial charge in [-0.2, -0.15) is 5.10 Å². The number of nitrogens with zero attached hydrogens (tertiary/aromatic N) is 1. The summed E-state index contributed by atoms with van der Waals surface area (Å²) in [5, 5.41) is 9.60. The van der Waals surface area contributed by atoms with E-state index in [1.165, 1.54) is 10.6 Å². The zero-order valence-corrected chi connectivity index (χ0v) is 26.5. The van der Waals surface area contributed by atoms with Gasteiger partial charge in [0, 0.05) is 0 Å². The van der Waals surface area contributed by atoms with E-state index < -0.39 is 26.8 Å². The first kappa shape index (κ1) is 31.9. The second kappa shape index (κ2) is 16.0. The van der Waals surface area contributed by atoms with Gasteiger partial charge in [-0.25, -0.2) is 15.0 Å². The minimum Gasteiger partial charge on any atom is -0.462 e. The molecule has 0 spiro atoms. The van der Waals surface area contributed by atoms with E-state index in [1.807, 2.05) is 36.4 Å². The van der Waals surface area contributed by atoms with Crippen LogP contribution in [0.4, 0.5) is 4.79 Å². The lowest BCUT2D eigenvalue weighted by Crippen LogP contribution is -2.36. The molecule has 4 aromatic carbocycles. The number of nitrogens with one attached hydrogen (secondary N) is 1. The first-order valence-electron chi connectivity index (χ1n) is 14.5. The zero-order chi connectivity index (χ0) is 30.5. The molecule has 0 heterocycles. The number of urea groups is 1. The Balaban J connectivity index is 1.83. The molecule has 8 heteroatoms. The number of rotatable bonds is 13. The topological polar surface area (TPSA) is 93.8 Å². The van der Waals surface area contributed by atoms with Crippen LogP contribution in [0.15, 0.2) is 126 Å². The van der Waals surface area contributed by atoms with Crippen LogP contribution in [-0.4, -0.2) is 41.9 Å². The van der Waals surface area contributed by atoms with E-state index in [9.17, 15) is 9.59 Å². The molecule has 4 rings (SSSR count). The fourth-order valence-corrected chi connectivity index (χ4v) is 12.4. The molecule has 4 aromatic rings. The Morgan fingerprint density at radius 1 is 0.767 bits per heavy atom. The molecule has 3 N–H and O–H groups in total. The standard InChI is InChI=1S/C35H39N3O3P2/c1-3-41-34(39)33(28(2)37-38-35(36)40)43(31-22-12-6-13-23-31,32-24-14-7-15-25-32)27-17-16-26-42(29-18-8-4-9-19-29)30-20-10-5-11-21-30/h4-15,18-25H,3,16-17,26-27H2,1-2H3,(H3,36,38,40)/b37-28+. The summed E-state index contributed by atoms with van der Waals surface area (Å²) in [7, 11) is -0.537. The number of nitrogens with two attached hydrogens (primary N) is 1. The molecule has 6 nitrogen and oxygen atoms in total. The van der Waals surface area contributed by atoms with E-state index in [0.29, 0.717) is 11.0 Å². The summed E-state index contributed by atoms with van der Waals surface area (Å²) < 4.78 is 5.67. The molecule has 0 saturated heterocycles. The molecular weight excluding hydrogens is 572 g/mol. The van der Waals surface area contributed by atoms with E-state index >= 15 is 0 Å². The SMILES string of the molecule is CCOC(=O)C(/C(C)=N/NC(N)=O)=P(CCCCP(c1ccccc1)c1ccccc1)(c1ccccc1)c1ccccc1. The van der Waals surface area contributed by atoms with E-state index in [4.69, 9.17) is 10.5 Å². The van der Waals surface area contributed by atoms with Crippen molar-refractivity contribution in [1.29, 1.82) is 0 Å². The average molecular weight is 612 g/mol. The van der Waals surface area contributed by atoms with Crippen molar-refractivity contribution in [2.75, 3.05) is 18.9 Å². The number of benzene rings is 4. The lowest BCUT2D eigenvalue weighted by atomic mass is 10.3. The van der Waals surface area contributed by atoms with Gasteiger partial charge in [0.15, 0.2) is 0 Å². The molecule has 0 fully saturated rings. The number of amides is 2. The van der Waals surface area contributed by atoms with Gasteiger partial charge < -0.3 is 10.5 Å². The number of carbonyl (C=O) groups is 2. The third-order valence-electron chi connectivity index (χ3n) is 7.18. The summed E-state index contributed by atoms with van der Waals surface area (Å²) in [6, 6.07) is 41.0. The molecule has 0 atom stereocenters. The largest absolute Gasteiger partial charge is 0.462 e. The number of ether oxygens (including phenoxy) is 1. The summed E-state index contributed by atoms with van der Waals surface area (Å²) in [4.78, 5) is 25.5. The highest BCUT2D eigenvalue weighted by molar-refractivity contribution is 7.92. The third-order valence-corrected chi connectivity index (χ3v) is 14.4. The van der Waals surface area contributed by atoms with E-state index in [1.54, 1.807) is 13.8 Å². The van der Waals surface area contributed by atoms with Crippen LogP contribution < -0.4 is 32.4 Å². The first-order valence-corrected chi connectivity index (χ1v) is 18.0. The lowest BCUT2D eigenvalue weighted by Gasteiger charge is -2.32. The highest BCUT2D eigenvalue weighted by atomic mass is 31.2. The molecule has 0 saturated carbocycles. The van der Waals surface area contributed by atoms with Crippen molar-refractivity contribution in [2.24, 2.45) is 10.8 Å². The maximum atomic E-state index is 13.9. The van der Waals surface area contributed by atoms with Gasteiger partial charge in [0.05, 0.1) is 17.6 Å². The van der Waals surface area contributed by atoms with Crippen molar-refractivity contribution in [3.8, 4) is 0 Å². The number of unbranched alkanes of at least 4 members (excludes halogenated alkanes) is 1. The number of hydrogen-bond donors (Lipinski definition) is 2. The molecule has 43 heavy (non-hydrogen) atoms. The average Bonchev–Trinajstić information content (AvgIpc) is 3.05. The van der Waals surface area contributed by atoms with E-state index in [0.717, 1.165) is 35.8 Å². The van der Waals surface area contributed by atoms with Crippen LogP contribution in [0.25, 0.3) is 0 Å². The summed E-state index contributed by atoms with van der Waals surface area (Å²) >= 11 is 0. The van der Waals surface area contributed by atoms with E-state index in [2.05, 4.69) is 95.5 Å². The molecule has 0 aliphatic carbocycles. The second-order valence-electron chi connectivity index (χ2n) is 9.98. The van der Waals surface area contributed by atoms with Crippen LogP contribution in [0.3, 0.4) is 0 Å².